The van der Waals surface area contributed by atoms with Gasteiger partial charge in [-0.25, -0.2) is 9.78 Å². The smallest absolute Gasteiger partial charge is 0.405 e. The van der Waals surface area contributed by atoms with Crippen LogP contribution < -0.4 is 20.9 Å². The van der Waals surface area contributed by atoms with E-state index in [4.69, 9.17) is 4.74 Å². The maximum Gasteiger partial charge on any atom is 0.405 e. The second-order valence-corrected chi connectivity index (χ2v) is 9.97. The monoisotopic (exact) mass is 552 g/mol. The van der Waals surface area contributed by atoms with Crippen molar-refractivity contribution in [3.05, 3.63) is 64.9 Å². The summed E-state index contributed by atoms with van der Waals surface area (Å²) in [5.41, 5.74) is 1.09. The number of nitrogens with one attached hydrogen (secondary N) is 2. The van der Waals surface area contributed by atoms with Gasteiger partial charge in [0.2, 0.25) is 11.8 Å². The molecule has 0 saturated heterocycles. The molecule has 0 aliphatic heterocycles. The molecule has 0 unspecified atom stereocenters. The third-order valence-corrected chi connectivity index (χ3v) is 6.05. The summed E-state index contributed by atoms with van der Waals surface area (Å²) in [6.07, 6.45) is 3.50. The number of likely N-dealkylation sites (N-methyl/N-ethyl adjacent to an activating group) is 1. The molecule has 3 rings (SSSR count). The van der Waals surface area contributed by atoms with Crippen LogP contribution in [0.1, 0.15) is 32.5 Å². The number of allylic oxidation sites excluding steroid dienone is 1. The zero-order valence-electron chi connectivity index (χ0n) is 23.4. The van der Waals surface area contributed by atoms with Gasteiger partial charge < -0.3 is 34.5 Å². The lowest BCUT2D eigenvalue weighted by Crippen LogP contribution is -2.44. The highest BCUT2D eigenvalue weighted by molar-refractivity contribution is 5.96. The fraction of sp³-hybridized carbons (Fsp3) is 0.393. The average Bonchev–Trinajstić information content (AvgIpc) is 3.21. The van der Waals surface area contributed by atoms with Gasteiger partial charge in [-0.2, -0.15) is 0 Å². The Morgan fingerprint density at radius 1 is 1.18 bits per heavy atom. The Labute approximate surface area is 232 Å². The van der Waals surface area contributed by atoms with Gasteiger partial charge in [-0.15, -0.1) is 0 Å². The zero-order chi connectivity index (χ0) is 29.4. The Hall–Kier alpha value is -4.61. The minimum Gasteiger partial charge on any atom is -0.491 e. The number of carbonyl (C=O) groups excluding carboxylic acids is 2. The predicted molar refractivity (Wildman–Crippen MR) is 151 cm³/mol. The number of ether oxygens (including phenoxy) is 1. The first-order chi connectivity index (χ1) is 19.0. The first-order valence-corrected chi connectivity index (χ1v) is 12.9. The standard InChI is InChI=1S/C28H36N6O6/c1-18(2)17-40-22-13-8-11-19-25(22)33(5)23(29-19)16-34-15-9-12-21(27(34)37)30-26(36)20(31-28(38)39)10-6-7-14-24(35)32(3)4/h7-9,11-15,18,20,31H,6,10,16-17H2,1-5H3,(H,30,36)(H,38,39)/b14-7+/t20-/m0/s1. The molecular formula is C28H36N6O6. The number of para-hydroxylation sites is 1. The van der Waals surface area contributed by atoms with Crippen molar-refractivity contribution in [2.45, 2.75) is 39.3 Å². The van der Waals surface area contributed by atoms with Crippen molar-refractivity contribution in [2.75, 3.05) is 26.0 Å². The van der Waals surface area contributed by atoms with Gasteiger partial charge in [-0.3, -0.25) is 14.4 Å². The summed E-state index contributed by atoms with van der Waals surface area (Å²) in [5.74, 6) is 0.772. The lowest BCUT2D eigenvalue weighted by Gasteiger charge is -2.16. The number of nitrogens with zero attached hydrogens (tertiary/aromatic N) is 4. The van der Waals surface area contributed by atoms with E-state index in [1.807, 2.05) is 29.8 Å². The number of hydrogen-bond acceptors (Lipinski definition) is 6. The van der Waals surface area contributed by atoms with Crippen LogP contribution in [0.5, 0.6) is 5.75 Å². The normalized spacial score (nSPS) is 12.1. The molecule has 0 saturated carbocycles. The van der Waals surface area contributed by atoms with Crippen molar-refractivity contribution in [1.29, 1.82) is 0 Å². The number of aromatic nitrogens is 3. The molecule has 0 aliphatic carbocycles. The van der Waals surface area contributed by atoms with E-state index < -0.39 is 23.6 Å². The highest BCUT2D eigenvalue weighted by Crippen LogP contribution is 2.26. The van der Waals surface area contributed by atoms with Crippen LogP contribution in [-0.2, 0) is 23.2 Å². The number of benzene rings is 1. The highest BCUT2D eigenvalue weighted by Gasteiger charge is 2.21. The zero-order valence-corrected chi connectivity index (χ0v) is 23.4. The molecule has 214 valence electrons. The quantitative estimate of drug-likeness (QED) is 0.293. The van der Waals surface area contributed by atoms with Crippen molar-refractivity contribution in [1.82, 2.24) is 24.3 Å². The lowest BCUT2D eigenvalue weighted by molar-refractivity contribution is -0.123. The molecule has 3 amide bonds. The van der Waals surface area contributed by atoms with Gasteiger partial charge in [0.05, 0.1) is 18.7 Å². The summed E-state index contributed by atoms with van der Waals surface area (Å²) in [5, 5.41) is 13.9. The first kappa shape index (κ1) is 29.9. The van der Waals surface area contributed by atoms with Crippen LogP contribution in [0.4, 0.5) is 10.5 Å². The maximum atomic E-state index is 13.2. The van der Waals surface area contributed by atoms with Gasteiger partial charge in [-0.05, 0) is 49.1 Å². The molecule has 0 spiro atoms. The van der Waals surface area contributed by atoms with E-state index in [1.54, 1.807) is 32.4 Å². The number of amides is 3. The molecule has 0 fully saturated rings. The number of pyridine rings is 1. The predicted octanol–water partition coefficient (Wildman–Crippen LogP) is 2.82. The van der Waals surface area contributed by atoms with E-state index in [2.05, 4.69) is 29.5 Å². The Kier molecular flexibility index (Phi) is 10.1. The molecule has 0 radical (unpaired) electrons. The number of imidazole rings is 1. The van der Waals surface area contributed by atoms with E-state index in [1.165, 1.54) is 21.6 Å². The fourth-order valence-corrected chi connectivity index (χ4v) is 3.94. The van der Waals surface area contributed by atoms with Crippen LogP contribution in [0.15, 0.2) is 53.5 Å². The van der Waals surface area contributed by atoms with Crippen molar-refractivity contribution >= 4 is 34.6 Å². The summed E-state index contributed by atoms with van der Waals surface area (Å²) >= 11 is 0. The average molecular weight is 553 g/mol. The number of anilines is 1. The largest absolute Gasteiger partial charge is 0.491 e. The molecule has 2 aromatic heterocycles. The minimum atomic E-state index is -1.38. The molecule has 0 bridgehead atoms. The molecular weight excluding hydrogens is 516 g/mol. The molecule has 12 heteroatoms. The Morgan fingerprint density at radius 3 is 2.60 bits per heavy atom. The lowest BCUT2D eigenvalue weighted by atomic mass is 10.1. The third-order valence-electron chi connectivity index (χ3n) is 6.05. The number of carboxylic acid groups (broad SMARTS) is 1. The Balaban J connectivity index is 1.78. The van der Waals surface area contributed by atoms with Crippen molar-refractivity contribution in [3.8, 4) is 5.75 Å². The number of hydrogen-bond donors (Lipinski definition) is 3. The SMILES string of the molecule is CC(C)COc1cccc2nc(Cn3cccc(NC(=O)[C@H](CC/C=C/C(=O)N(C)C)NC(=O)O)c3=O)n(C)c12. The number of carbonyl (C=O) groups is 3. The van der Waals surface area contributed by atoms with E-state index in [0.29, 0.717) is 24.1 Å². The van der Waals surface area contributed by atoms with E-state index in [9.17, 15) is 24.3 Å². The Bertz CT molecular complexity index is 1460. The summed E-state index contributed by atoms with van der Waals surface area (Å²) in [4.78, 5) is 55.2. The second kappa shape index (κ2) is 13.5. The summed E-state index contributed by atoms with van der Waals surface area (Å²) < 4.78 is 9.27. The van der Waals surface area contributed by atoms with Crippen LogP contribution in [0.3, 0.4) is 0 Å². The van der Waals surface area contributed by atoms with Gasteiger partial charge >= 0.3 is 6.09 Å². The van der Waals surface area contributed by atoms with Crippen molar-refractivity contribution < 1.29 is 24.2 Å². The Morgan fingerprint density at radius 2 is 1.93 bits per heavy atom. The molecule has 2 heterocycles. The van der Waals surface area contributed by atoms with Gasteiger partial charge in [0.1, 0.15) is 28.8 Å². The molecule has 1 aromatic carbocycles. The van der Waals surface area contributed by atoms with Crippen molar-refractivity contribution in [2.24, 2.45) is 13.0 Å². The van der Waals surface area contributed by atoms with Crippen LogP contribution in [0.25, 0.3) is 11.0 Å². The first-order valence-electron chi connectivity index (χ1n) is 12.9. The number of fused-ring (bicyclic) bond motifs is 1. The third kappa shape index (κ3) is 7.71. The van der Waals surface area contributed by atoms with Crippen molar-refractivity contribution in [3.63, 3.8) is 0 Å². The van der Waals surface area contributed by atoms with Crippen LogP contribution in [-0.4, -0.2) is 68.8 Å². The summed E-state index contributed by atoms with van der Waals surface area (Å²) in [7, 11) is 5.07. The molecule has 12 nitrogen and oxygen atoms in total. The van der Waals surface area contributed by atoms with E-state index in [0.717, 1.165) is 11.0 Å². The molecule has 3 N–H and O–H groups in total. The molecule has 40 heavy (non-hydrogen) atoms. The van der Waals surface area contributed by atoms with E-state index >= 15 is 0 Å². The van der Waals surface area contributed by atoms with E-state index in [-0.39, 0.29) is 31.0 Å². The van der Waals surface area contributed by atoms with Gasteiger partial charge in [-0.1, -0.05) is 26.0 Å². The minimum absolute atomic E-state index is 0.00253. The van der Waals surface area contributed by atoms with Crippen LogP contribution >= 0.6 is 0 Å². The van der Waals surface area contributed by atoms with Crippen LogP contribution in [0.2, 0.25) is 0 Å². The summed E-state index contributed by atoms with van der Waals surface area (Å²) in [6, 6.07) is 7.57. The van der Waals surface area contributed by atoms with Gasteiger partial charge in [0, 0.05) is 27.3 Å². The number of aryl methyl sites for hydroxylation is 1. The van der Waals surface area contributed by atoms with Crippen LogP contribution in [0, 0.1) is 5.92 Å². The second-order valence-electron chi connectivity index (χ2n) is 9.97. The maximum absolute atomic E-state index is 13.2. The molecule has 1 atom stereocenters. The topological polar surface area (TPSA) is 148 Å². The fourth-order valence-electron chi connectivity index (χ4n) is 3.94. The number of rotatable bonds is 12. The molecule has 3 aromatic rings. The van der Waals surface area contributed by atoms with Gasteiger partial charge in [0.25, 0.3) is 5.56 Å². The molecule has 0 aliphatic rings. The van der Waals surface area contributed by atoms with Gasteiger partial charge in [0.15, 0.2) is 0 Å². The summed E-state index contributed by atoms with van der Waals surface area (Å²) in [6.45, 7) is 4.83. The highest BCUT2D eigenvalue weighted by atomic mass is 16.5.